The van der Waals surface area contributed by atoms with Crippen LogP contribution in [0.5, 0.6) is 11.5 Å². The van der Waals surface area contributed by atoms with Crippen molar-refractivity contribution in [2.45, 2.75) is 37.8 Å². The zero-order valence-electron chi connectivity index (χ0n) is 17.9. The van der Waals surface area contributed by atoms with E-state index in [9.17, 15) is 0 Å². The van der Waals surface area contributed by atoms with Crippen LogP contribution in [0.3, 0.4) is 0 Å². The van der Waals surface area contributed by atoms with Gasteiger partial charge >= 0.3 is 0 Å². The highest BCUT2D eigenvalue weighted by Gasteiger charge is 2.22. The molecule has 8 nitrogen and oxygen atoms in total. The van der Waals surface area contributed by atoms with Crippen LogP contribution in [0.1, 0.15) is 25.7 Å². The van der Waals surface area contributed by atoms with Gasteiger partial charge < -0.3 is 30.3 Å². The number of benzene rings is 1. The first kappa shape index (κ1) is 21.9. The van der Waals surface area contributed by atoms with Gasteiger partial charge in [0.15, 0.2) is 16.6 Å². The van der Waals surface area contributed by atoms with Gasteiger partial charge in [0.2, 0.25) is 5.95 Å². The third-order valence-electron chi connectivity index (χ3n) is 5.14. The number of rotatable bonds is 7. The van der Waals surface area contributed by atoms with Gasteiger partial charge in [0.05, 0.1) is 14.2 Å². The Kier molecular flexibility index (Phi) is 7.51. The third kappa shape index (κ3) is 5.85. The number of nitrogens with one attached hydrogen (secondary N) is 3. The van der Waals surface area contributed by atoms with Crippen LogP contribution in [-0.4, -0.2) is 55.5 Å². The van der Waals surface area contributed by atoms with Crippen molar-refractivity contribution in [3.05, 3.63) is 30.5 Å². The second-order valence-electron chi connectivity index (χ2n) is 7.49. The standard InChI is InChI=1S/C21H30N6O2S/c1-27(2)19-11-12-22-20(26-19)23-14-5-7-15(8-6-14)24-21(30)25-16-9-10-17(28-3)18(13-16)29-4/h9-15H,5-8H2,1-4H3,(H,22,23,26)(H2,24,25,30)/t14-,15+. The lowest BCUT2D eigenvalue weighted by atomic mass is 9.91. The van der Waals surface area contributed by atoms with Gasteiger partial charge in [0.25, 0.3) is 0 Å². The molecule has 0 unspecified atom stereocenters. The molecule has 0 saturated heterocycles. The van der Waals surface area contributed by atoms with Crippen LogP contribution < -0.4 is 30.3 Å². The van der Waals surface area contributed by atoms with Gasteiger partial charge in [-0.25, -0.2) is 4.98 Å². The molecule has 0 amide bonds. The van der Waals surface area contributed by atoms with E-state index in [1.165, 1.54) is 0 Å². The van der Waals surface area contributed by atoms with Crippen molar-refractivity contribution >= 4 is 34.8 Å². The number of methoxy groups -OCH3 is 2. The summed E-state index contributed by atoms with van der Waals surface area (Å²) in [7, 11) is 7.18. The summed E-state index contributed by atoms with van der Waals surface area (Å²) in [4.78, 5) is 10.9. The third-order valence-corrected chi connectivity index (χ3v) is 5.36. The average molecular weight is 431 g/mol. The van der Waals surface area contributed by atoms with Crippen LogP contribution in [0.15, 0.2) is 30.5 Å². The molecule has 3 rings (SSSR count). The van der Waals surface area contributed by atoms with Crippen LogP contribution in [0.4, 0.5) is 17.5 Å². The van der Waals surface area contributed by atoms with E-state index in [1.54, 1.807) is 20.4 Å². The van der Waals surface area contributed by atoms with Crippen LogP contribution >= 0.6 is 12.2 Å². The maximum Gasteiger partial charge on any atom is 0.224 e. The summed E-state index contributed by atoms with van der Waals surface area (Å²) in [6.45, 7) is 0. The summed E-state index contributed by atoms with van der Waals surface area (Å²) >= 11 is 5.50. The molecule has 2 aromatic rings. The molecule has 1 saturated carbocycles. The molecule has 0 atom stereocenters. The van der Waals surface area contributed by atoms with Gasteiger partial charge in [-0.1, -0.05) is 0 Å². The Morgan fingerprint density at radius 2 is 1.73 bits per heavy atom. The molecule has 0 spiro atoms. The molecule has 1 heterocycles. The Morgan fingerprint density at radius 3 is 2.40 bits per heavy atom. The molecule has 1 fully saturated rings. The molecule has 30 heavy (non-hydrogen) atoms. The summed E-state index contributed by atoms with van der Waals surface area (Å²) in [6.07, 6.45) is 5.91. The number of nitrogens with zero attached hydrogens (tertiary/aromatic N) is 3. The Morgan fingerprint density at radius 1 is 1.03 bits per heavy atom. The number of ether oxygens (including phenoxy) is 2. The van der Waals surface area contributed by atoms with Crippen molar-refractivity contribution < 1.29 is 9.47 Å². The number of hydrogen-bond acceptors (Lipinski definition) is 7. The van der Waals surface area contributed by atoms with E-state index in [0.717, 1.165) is 37.2 Å². The highest BCUT2D eigenvalue weighted by molar-refractivity contribution is 7.80. The smallest absolute Gasteiger partial charge is 0.224 e. The predicted octanol–water partition coefficient (Wildman–Crippen LogP) is 3.27. The average Bonchev–Trinajstić information content (AvgIpc) is 2.75. The molecule has 9 heteroatoms. The first-order valence-electron chi connectivity index (χ1n) is 10.0. The second-order valence-corrected chi connectivity index (χ2v) is 7.90. The molecule has 162 valence electrons. The summed E-state index contributed by atoms with van der Waals surface area (Å²) in [5.74, 6) is 2.93. The highest BCUT2D eigenvalue weighted by Crippen LogP contribution is 2.29. The molecular weight excluding hydrogens is 400 g/mol. The normalized spacial score (nSPS) is 18.3. The van der Waals surface area contributed by atoms with Crippen molar-refractivity contribution in [2.75, 3.05) is 43.8 Å². The summed E-state index contributed by atoms with van der Waals surface area (Å²) < 4.78 is 10.6. The molecule has 1 aliphatic carbocycles. The first-order chi connectivity index (χ1) is 14.5. The van der Waals surface area contributed by atoms with Crippen LogP contribution in [0, 0.1) is 0 Å². The molecule has 0 bridgehead atoms. The Labute approximate surface area is 183 Å². The van der Waals surface area contributed by atoms with E-state index >= 15 is 0 Å². The van der Waals surface area contributed by atoms with Crippen molar-refractivity contribution in [3.63, 3.8) is 0 Å². The largest absolute Gasteiger partial charge is 0.493 e. The van der Waals surface area contributed by atoms with Gasteiger partial charge in [0, 0.05) is 44.1 Å². The fourth-order valence-corrected chi connectivity index (χ4v) is 3.78. The zero-order valence-corrected chi connectivity index (χ0v) is 18.8. The fraction of sp³-hybridized carbons (Fsp3) is 0.476. The molecule has 3 N–H and O–H groups in total. The van der Waals surface area contributed by atoms with E-state index in [4.69, 9.17) is 21.7 Å². The van der Waals surface area contributed by atoms with Crippen LogP contribution in [0.25, 0.3) is 0 Å². The quantitative estimate of drug-likeness (QED) is 0.573. The number of anilines is 3. The molecule has 0 aliphatic heterocycles. The predicted molar refractivity (Wildman–Crippen MR) is 125 cm³/mol. The van der Waals surface area contributed by atoms with Crippen molar-refractivity contribution in [2.24, 2.45) is 0 Å². The van der Waals surface area contributed by atoms with Gasteiger partial charge in [-0.15, -0.1) is 0 Å². The molecule has 1 aliphatic rings. The fourth-order valence-electron chi connectivity index (χ4n) is 3.50. The molecular formula is C21H30N6O2S. The van der Waals surface area contributed by atoms with E-state index < -0.39 is 0 Å². The van der Waals surface area contributed by atoms with Crippen molar-refractivity contribution in [1.82, 2.24) is 15.3 Å². The zero-order chi connectivity index (χ0) is 21.5. The van der Waals surface area contributed by atoms with Crippen molar-refractivity contribution in [3.8, 4) is 11.5 Å². The summed E-state index contributed by atoms with van der Waals surface area (Å²) in [6, 6.07) is 8.25. The monoisotopic (exact) mass is 430 g/mol. The van der Waals surface area contributed by atoms with E-state index in [1.807, 2.05) is 43.3 Å². The molecule has 1 aromatic heterocycles. The summed E-state index contributed by atoms with van der Waals surface area (Å²) in [5, 5.41) is 10.7. The van der Waals surface area contributed by atoms with E-state index in [2.05, 4.69) is 25.9 Å². The Hall–Kier alpha value is -2.81. The minimum Gasteiger partial charge on any atom is -0.493 e. The topological polar surface area (TPSA) is 83.6 Å². The first-order valence-corrected chi connectivity index (χ1v) is 10.5. The lowest BCUT2D eigenvalue weighted by Gasteiger charge is -2.30. The number of aromatic nitrogens is 2. The van der Waals surface area contributed by atoms with Gasteiger partial charge in [-0.3, -0.25) is 0 Å². The SMILES string of the molecule is COc1ccc(NC(=S)N[C@H]2CC[C@@H](Nc3nccc(N(C)C)n3)CC2)cc1OC. The van der Waals surface area contributed by atoms with Crippen LogP contribution in [-0.2, 0) is 0 Å². The maximum atomic E-state index is 5.50. The molecule has 1 aromatic carbocycles. The van der Waals surface area contributed by atoms with Gasteiger partial charge in [-0.05, 0) is 56.1 Å². The summed E-state index contributed by atoms with van der Waals surface area (Å²) in [5.41, 5.74) is 0.860. The minimum absolute atomic E-state index is 0.345. The van der Waals surface area contributed by atoms with Gasteiger partial charge in [0.1, 0.15) is 5.82 Å². The lowest BCUT2D eigenvalue weighted by molar-refractivity contribution is 0.355. The molecule has 0 radical (unpaired) electrons. The highest BCUT2D eigenvalue weighted by atomic mass is 32.1. The maximum absolute atomic E-state index is 5.50. The lowest BCUT2D eigenvalue weighted by Crippen LogP contribution is -2.42. The van der Waals surface area contributed by atoms with Crippen molar-refractivity contribution in [1.29, 1.82) is 0 Å². The Balaban J connectivity index is 1.46. The number of hydrogen-bond donors (Lipinski definition) is 3. The number of thiocarbonyl (C=S) groups is 1. The van der Waals surface area contributed by atoms with E-state index in [-0.39, 0.29) is 0 Å². The second kappa shape index (κ2) is 10.3. The van der Waals surface area contributed by atoms with E-state index in [0.29, 0.717) is 34.6 Å². The van der Waals surface area contributed by atoms with Gasteiger partial charge in [-0.2, -0.15) is 4.98 Å². The Bertz CT molecular complexity index is 855. The van der Waals surface area contributed by atoms with Crippen LogP contribution in [0.2, 0.25) is 0 Å². The minimum atomic E-state index is 0.345.